The van der Waals surface area contributed by atoms with Crippen molar-refractivity contribution in [3.8, 4) is 0 Å². The van der Waals surface area contributed by atoms with Crippen LogP contribution in [0.3, 0.4) is 0 Å². The lowest BCUT2D eigenvalue weighted by atomic mass is 9.86. The van der Waals surface area contributed by atoms with Gasteiger partial charge in [0, 0.05) is 10.9 Å². The van der Waals surface area contributed by atoms with E-state index in [0.717, 1.165) is 11.3 Å². The summed E-state index contributed by atoms with van der Waals surface area (Å²) in [5.41, 5.74) is 0.251. The molecule has 1 aliphatic carbocycles. The molecular formula is C16H21NO3S. The third-order valence-electron chi connectivity index (χ3n) is 3.91. The van der Waals surface area contributed by atoms with Gasteiger partial charge in [0.1, 0.15) is 0 Å². The zero-order valence-electron chi connectivity index (χ0n) is 12.2. The van der Waals surface area contributed by atoms with Crippen LogP contribution < -0.4 is 5.32 Å². The Hall–Kier alpha value is -1.49. The minimum absolute atomic E-state index is 0.0273. The number of carboxylic acids is 1. The smallest absolute Gasteiger partial charge is 0.335 e. The molecule has 0 saturated heterocycles. The Kier molecular flexibility index (Phi) is 5.67. The van der Waals surface area contributed by atoms with Gasteiger partial charge in [0.25, 0.3) is 0 Å². The molecule has 2 rings (SSSR count). The van der Waals surface area contributed by atoms with Gasteiger partial charge in [-0.05, 0) is 37.0 Å². The van der Waals surface area contributed by atoms with Crippen molar-refractivity contribution < 1.29 is 14.7 Å². The van der Waals surface area contributed by atoms with Crippen LogP contribution in [-0.4, -0.2) is 28.8 Å². The average Bonchev–Trinajstić information content (AvgIpc) is 2.48. The van der Waals surface area contributed by atoms with Gasteiger partial charge < -0.3 is 10.4 Å². The number of carbonyl (C=O) groups is 2. The Balaban J connectivity index is 1.83. The highest BCUT2D eigenvalue weighted by atomic mass is 32.2. The van der Waals surface area contributed by atoms with Crippen LogP contribution >= 0.6 is 11.8 Å². The zero-order chi connectivity index (χ0) is 15.2. The maximum absolute atomic E-state index is 12.0. The maximum atomic E-state index is 12.0. The van der Waals surface area contributed by atoms with E-state index < -0.39 is 5.97 Å². The summed E-state index contributed by atoms with van der Waals surface area (Å²) in [7, 11) is 0. The number of hydrogen-bond donors (Lipinski definition) is 2. The Morgan fingerprint density at radius 2 is 2.10 bits per heavy atom. The second-order valence-electron chi connectivity index (χ2n) is 5.56. The van der Waals surface area contributed by atoms with Crippen LogP contribution in [-0.2, 0) is 4.79 Å². The molecule has 4 nitrogen and oxygen atoms in total. The Morgan fingerprint density at radius 3 is 2.81 bits per heavy atom. The van der Waals surface area contributed by atoms with Gasteiger partial charge >= 0.3 is 5.97 Å². The van der Waals surface area contributed by atoms with Crippen molar-refractivity contribution in [2.24, 2.45) is 5.92 Å². The summed E-state index contributed by atoms with van der Waals surface area (Å²) in [6.07, 6.45) is 4.68. The highest BCUT2D eigenvalue weighted by Crippen LogP contribution is 2.24. The largest absolute Gasteiger partial charge is 0.478 e. The van der Waals surface area contributed by atoms with E-state index in [1.165, 1.54) is 31.0 Å². The molecule has 1 aliphatic rings. The number of rotatable bonds is 5. The summed E-state index contributed by atoms with van der Waals surface area (Å²) in [6.45, 7) is 2.19. The molecule has 5 heteroatoms. The third kappa shape index (κ3) is 4.77. The standard InChI is InChI=1S/C16H21NO3S/c1-11-5-2-3-8-14(11)17-15(18)10-21-13-7-4-6-12(9-13)16(19)20/h4,6-7,9,11,14H,2-3,5,8,10H2,1H3,(H,17,18)(H,19,20). The van der Waals surface area contributed by atoms with Crippen LogP contribution in [0.1, 0.15) is 43.0 Å². The molecule has 1 aromatic carbocycles. The van der Waals surface area contributed by atoms with E-state index in [4.69, 9.17) is 5.11 Å². The molecule has 114 valence electrons. The maximum Gasteiger partial charge on any atom is 0.335 e. The summed E-state index contributed by atoms with van der Waals surface area (Å²) in [4.78, 5) is 23.7. The van der Waals surface area contributed by atoms with Crippen LogP contribution in [0.5, 0.6) is 0 Å². The van der Waals surface area contributed by atoms with E-state index in [-0.39, 0.29) is 17.5 Å². The molecule has 0 bridgehead atoms. The molecule has 2 N–H and O–H groups in total. The zero-order valence-corrected chi connectivity index (χ0v) is 13.0. The van der Waals surface area contributed by atoms with E-state index in [1.54, 1.807) is 18.2 Å². The fraction of sp³-hybridized carbons (Fsp3) is 0.500. The van der Waals surface area contributed by atoms with Gasteiger partial charge in [-0.25, -0.2) is 4.79 Å². The SMILES string of the molecule is CC1CCCCC1NC(=O)CSc1cccc(C(=O)O)c1. The van der Waals surface area contributed by atoms with Gasteiger partial charge in [-0.1, -0.05) is 25.8 Å². The van der Waals surface area contributed by atoms with E-state index in [1.807, 2.05) is 6.07 Å². The first kappa shape index (κ1) is 15.9. The monoisotopic (exact) mass is 307 g/mol. The topological polar surface area (TPSA) is 66.4 Å². The normalized spacial score (nSPS) is 21.8. The number of aromatic carboxylic acids is 1. The average molecular weight is 307 g/mol. The van der Waals surface area contributed by atoms with E-state index in [0.29, 0.717) is 11.7 Å². The van der Waals surface area contributed by atoms with Gasteiger partial charge in [0.2, 0.25) is 5.91 Å². The van der Waals surface area contributed by atoms with Crippen LogP contribution in [0, 0.1) is 5.92 Å². The van der Waals surface area contributed by atoms with Gasteiger partial charge in [0.15, 0.2) is 0 Å². The molecule has 2 atom stereocenters. The van der Waals surface area contributed by atoms with E-state index >= 15 is 0 Å². The number of benzene rings is 1. The predicted molar refractivity (Wildman–Crippen MR) is 83.7 cm³/mol. The quantitative estimate of drug-likeness (QED) is 0.820. The van der Waals surface area contributed by atoms with Crippen LogP contribution in [0.4, 0.5) is 0 Å². The van der Waals surface area contributed by atoms with Crippen molar-refractivity contribution in [1.29, 1.82) is 0 Å². The molecular weight excluding hydrogens is 286 g/mol. The first-order valence-electron chi connectivity index (χ1n) is 7.32. The lowest BCUT2D eigenvalue weighted by molar-refractivity contribution is -0.119. The first-order valence-corrected chi connectivity index (χ1v) is 8.30. The molecule has 1 amide bonds. The lowest BCUT2D eigenvalue weighted by Crippen LogP contribution is -2.41. The molecule has 0 aromatic heterocycles. The molecule has 1 saturated carbocycles. The summed E-state index contributed by atoms with van der Waals surface area (Å²) in [5.74, 6) is -0.0489. The van der Waals surface area contributed by atoms with Crippen molar-refractivity contribution >= 4 is 23.6 Å². The van der Waals surface area contributed by atoms with Crippen molar-refractivity contribution in [2.45, 2.75) is 43.5 Å². The number of amides is 1. The molecule has 1 fully saturated rings. The van der Waals surface area contributed by atoms with Crippen LogP contribution in [0.2, 0.25) is 0 Å². The highest BCUT2D eigenvalue weighted by molar-refractivity contribution is 8.00. The fourth-order valence-electron chi connectivity index (χ4n) is 2.65. The predicted octanol–water partition coefficient (Wildman–Crippen LogP) is 3.17. The van der Waals surface area contributed by atoms with Crippen molar-refractivity contribution in [1.82, 2.24) is 5.32 Å². The van der Waals surface area contributed by atoms with Crippen LogP contribution in [0.15, 0.2) is 29.2 Å². The Bertz CT molecular complexity index is 518. The summed E-state index contributed by atoms with van der Waals surface area (Å²) >= 11 is 1.37. The second-order valence-corrected chi connectivity index (χ2v) is 6.61. The molecule has 1 aromatic rings. The molecule has 0 spiro atoms. The fourth-order valence-corrected chi connectivity index (χ4v) is 3.41. The number of carboxylic acid groups (broad SMARTS) is 1. The minimum atomic E-state index is -0.946. The van der Waals surface area contributed by atoms with Crippen LogP contribution in [0.25, 0.3) is 0 Å². The summed E-state index contributed by atoms with van der Waals surface area (Å²) in [6, 6.07) is 6.97. The second kappa shape index (κ2) is 7.50. The minimum Gasteiger partial charge on any atom is -0.478 e. The summed E-state index contributed by atoms with van der Waals surface area (Å²) in [5, 5.41) is 12.0. The number of nitrogens with one attached hydrogen (secondary N) is 1. The van der Waals surface area contributed by atoms with E-state index in [2.05, 4.69) is 12.2 Å². The van der Waals surface area contributed by atoms with Gasteiger partial charge in [-0.3, -0.25) is 4.79 Å². The highest BCUT2D eigenvalue weighted by Gasteiger charge is 2.22. The summed E-state index contributed by atoms with van der Waals surface area (Å²) < 4.78 is 0. The van der Waals surface area contributed by atoms with Gasteiger partial charge in [0.05, 0.1) is 11.3 Å². The lowest BCUT2D eigenvalue weighted by Gasteiger charge is -2.29. The van der Waals surface area contributed by atoms with Crippen molar-refractivity contribution in [3.05, 3.63) is 29.8 Å². The molecule has 0 aliphatic heterocycles. The number of carbonyl (C=O) groups excluding carboxylic acids is 1. The van der Waals surface area contributed by atoms with Crippen molar-refractivity contribution in [3.63, 3.8) is 0 Å². The third-order valence-corrected chi connectivity index (χ3v) is 4.90. The van der Waals surface area contributed by atoms with E-state index in [9.17, 15) is 9.59 Å². The van der Waals surface area contributed by atoms with Crippen molar-refractivity contribution in [2.75, 3.05) is 5.75 Å². The molecule has 0 heterocycles. The Morgan fingerprint density at radius 1 is 1.33 bits per heavy atom. The van der Waals surface area contributed by atoms with Gasteiger partial charge in [-0.15, -0.1) is 11.8 Å². The first-order chi connectivity index (χ1) is 10.1. The number of thioether (sulfide) groups is 1. The molecule has 2 unspecified atom stereocenters. The molecule has 0 radical (unpaired) electrons. The van der Waals surface area contributed by atoms with Gasteiger partial charge in [-0.2, -0.15) is 0 Å². The Labute approximate surface area is 129 Å². The number of hydrogen-bond acceptors (Lipinski definition) is 3. The molecule has 21 heavy (non-hydrogen) atoms.